The lowest BCUT2D eigenvalue weighted by molar-refractivity contribution is -0.0948. The first-order valence-corrected chi connectivity index (χ1v) is 8.36. The van der Waals surface area contributed by atoms with Crippen molar-refractivity contribution in [1.82, 2.24) is 15.2 Å². The quantitative estimate of drug-likeness (QED) is 0.885. The molecule has 6 heteroatoms. The van der Waals surface area contributed by atoms with Crippen LogP contribution in [0.2, 0.25) is 0 Å². The number of aromatic nitrogens is 1. The lowest BCUT2D eigenvalue weighted by Crippen LogP contribution is -2.58. The van der Waals surface area contributed by atoms with E-state index in [1.807, 2.05) is 0 Å². The fourth-order valence-corrected chi connectivity index (χ4v) is 3.08. The molecule has 0 aromatic carbocycles. The fourth-order valence-electron chi connectivity index (χ4n) is 2.72. The lowest BCUT2D eigenvalue weighted by atomic mass is 10.00. The normalized spacial score (nSPS) is 23.3. The average Bonchev–Trinajstić information content (AvgIpc) is 2.44. The lowest BCUT2D eigenvalue weighted by Gasteiger charge is -2.45. The molecule has 122 valence electrons. The minimum atomic E-state index is -0.124. The Bertz CT molecular complexity index is 526. The van der Waals surface area contributed by atoms with Crippen molar-refractivity contribution in [2.45, 2.75) is 45.4 Å². The van der Waals surface area contributed by atoms with Crippen LogP contribution in [-0.4, -0.2) is 53.2 Å². The van der Waals surface area contributed by atoms with E-state index in [1.165, 1.54) is 0 Å². The summed E-state index contributed by atoms with van der Waals surface area (Å²) in [4.78, 5) is 18.6. The van der Waals surface area contributed by atoms with Gasteiger partial charge in [0.2, 0.25) is 0 Å². The molecule has 22 heavy (non-hydrogen) atoms. The molecule has 2 rings (SSSR count). The van der Waals surface area contributed by atoms with Crippen LogP contribution in [0.5, 0.6) is 0 Å². The number of morpholine rings is 1. The van der Waals surface area contributed by atoms with E-state index in [4.69, 9.17) is 4.74 Å². The maximum atomic E-state index is 12.2. The summed E-state index contributed by atoms with van der Waals surface area (Å²) in [5.74, 6) is -0.101. The first-order valence-electron chi connectivity index (χ1n) is 7.57. The number of nitrogens with zero attached hydrogens (tertiary/aromatic N) is 2. The highest BCUT2D eigenvalue weighted by atomic mass is 79.9. The highest BCUT2D eigenvalue weighted by Crippen LogP contribution is 2.20. The molecule has 1 fully saturated rings. The van der Waals surface area contributed by atoms with E-state index in [0.29, 0.717) is 12.1 Å². The van der Waals surface area contributed by atoms with Gasteiger partial charge in [0.25, 0.3) is 5.91 Å². The standard InChI is InChI=1S/C16H24BrN3O2/c1-11-8-20(9-12(2)22-11)16(3,4)10-19-15(21)13-5-14(17)7-18-6-13/h5-7,11-12H,8-10H2,1-4H3,(H,19,21)/t11-,12-/m0/s1. The van der Waals surface area contributed by atoms with Gasteiger partial charge in [0.1, 0.15) is 0 Å². The SMILES string of the molecule is C[C@H]1CN(C(C)(C)CNC(=O)c2cncc(Br)c2)C[C@H](C)O1. The summed E-state index contributed by atoms with van der Waals surface area (Å²) in [6.45, 7) is 10.8. The van der Waals surface area contributed by atoms with E-state index in [2.05, 4.69) is 58.8 Å². The second-order valence-electron chi connectivity index (χ2n) is 6.55. The van der Waals surface area contributed by atoms with Crippen LogP contribution >= 0.6 is 15.9 Å². The van der Waals surface area contributed by atoms with E-state index >= 15 is 0 Å². The van der Waals surface area contributed by atoms with Gasteiger partial charge in [-0.15, -0.1) is 0 Å². The molecular weight excluding hydrogens is 346 g/mol. The maximum Gasteiger partial charge on any atom is 0.252 e. The molecule has 1 saturated heterocycles. The zero-order valence-corrected chi connectivity index (χ0v) is 15.2. The third-order valence-electron chi connectivity index (χ3n) is 3.92. The Balaban J connectivity index is 1.95. The summed E-state index contributed by atoms with van der Waals surface area (Å²) in [6, 6.07) is 1.77. The third kappa shape index (κ3) is 4.51. The topological polar surface area (TPSA) is 54.5 Å². The van der Waals surface area contributed by atoms with E-state index in [1.54, 1.807) is 18.5 Å². The van der Waals surface area contributed by atoms with Crippen LogP contribution in [0.3, 0.4) is 0 Å². The van der Waals surface area contributed by atoms with Crippen molar-refractivity contribution < 1.29 is 9.53 Å². The van der Waals surface area contributed by atoms with Crippen molar-refractivity contribution >= 4 is 21.8 Å². The van der Waals surface area contributed by atoms with Gasteiger partial charge in [0.15, 0.2) is 0 Å². The van der Waals surface area contributed by atoms with Crippen LogP contribution in [-0.2, 0) is 4.74 Å². The number of ether oxygens (including phenoxy) is 1. The molecule has 0 saturated carbocycles. The number of carbonyl (C=O) groups excluding carboxylic acids is 1. The molecule has 0 aliphatic carbocycles. The molecular formula is C16H24BrN3O2. The van der Waals surface area contributed by atoms with Gasteiger partial charge in [-0.1, -0.05) is 0 Å². The molecule has 5 nitrogen and oxygen atoms in total. The smallest absolute Gasteiger partial charge is 0.252 e. The average molecular weight is 370 g/mol. The number of rotatable bonds is 4. The van der Waals surface area contributed by atoms with Crippen molar-refractivity contribution in [2.75, 3.05) is 19.6 Å². The Hall–Kier alpha value is -0.980. The molecule has 0 radical (unpaired) electrons. The Morgan fingerprint density at radius 3 is 2.64 bits per heavy atom. The minimum Gasteiger partial charge on any atom is -0.373 e. The molecule has 1 aliphatic heterocycles. The summed E-state index contributed by atoms with van der Waals surface area (Å²) < 4.78 is 6.58. The van der Waals surface area contributed by atoms with Gasteiger partial charge >= 0.3 is 0 Å². The van der Waals surface area contributed by atoms with Crippen molar-refractivity contribution in [2.24, 2.45) is 0 Å². The molecule has 2 atom stereocenters. The van der Waals surface area contributed by atoms with Crippen LogP contribution in [0.1, 0.15) is 38.1 Å². The molecule has 0 bridgehead atoms. The van der Waals surface area contributed by atoms with Crippen molar-refractivity contribution in [3.63, 3.8) is 0 Å². The first kappa shape index (κ1) is 17.4. The number of halogens is 1. The van der Waals surface area contributed by atoms with Crippen molar-refractivity contribution in [3.8, 4) is 0 Å². The third-order valence-corrected chi connectivity index (χ3v) is 4.36. The first-order chi connectivity index (χ1) is 10.3. The van der Waals surface area contributed by atoms with E-state index in [-0.39, 0.29) is 23.7 Å². The Kier molecular flexibility index (Phi) is 5.58. The monoisotopic (exact) mass is 369 g/mol. The van der Waals surface area contributed by atoms with Crippen LogP contribution in [0, 0.1) is 0 Å². The highest BCUT2D eigenvalue weighted by molar-refractivity contribution is 9.10. The molecule has 0 spiro atoms. The number of nitrogens with one attached hydrogen (secondary N) is 1. The molecule has 1 N–H and O–H groups in total. The molecule has 1 amide bonds. The largest absolute Gasteiger partial charge is 0.373 e. The second-order valence-corrected chi connectivity index (χ2v) is 7.46. The zero-order chi connectivity index (χ0) is 16.3. The van der Waals surface area contributed by atoms with Crippen LogP contribution in [0.4, 0.5) is 0 Å². The van der Waals surface area contributed by atoms with E-state index in [9.17, 15) is 4.79 Å². The number of carbonyl (C=O) groups is 1. The van der Waals surface area contributed by atoms with Crippen molar-refractivity contribution in [1.29, 1.82) is 0 Å². The van der Waals surface area contributed by atoms with E-state index in [0.717, 1.165) is 17.6 Å². The van der Waals surface area contributed by atoms with Crippen molar-refractivity contribution in [3.05, 3.63) is 28.5 Å². The van der Waals surface area contributed by atoms with Crippen LogP contribution in [0.15, 0.2) is 22.9 Å². The predicted molar refractivity (Wildman–Crippen MR) is 89.9 cm³/mol. The summed E-state index contributed by atoms with van der Waals surface area (Å²) in [7, 11) is 0. The van der Waals surface area contributed by atoms with Gasteiger partial charge in [0.05, 0.1) is 17.8 Å². The predicted octanol–water partition coefficient (Wildman–Crippen LogP) is 2.46. The Morgan fingerprint density at radius 1 is 1.41 bits per heavy atom. The van der Waals surface area contributed by atoms with Gasteiger partial charge in [-0.25, -0.2) is 0 Å². The van der Waals surface area contributed by atoms with Gasteiger partial charge in [-0.05, 0) is 49.7 Å². The molecule has 0 unspecified atom stereocenters. The fraction of sp³-hybridized carbons (Fsp3) is 0.625. The number of hydrogen-bond acceptors (Lipinski definition) is 4. The summed E-state index contributed by atoms with van der Waals surface area (Å²) in [5.41, 5.74) is 0.440. The van der Waals surface area contributed by atoms with Gasteiger partial charge in [-0.3, -0.25) is 14.7 Å². The number of hydrogen-bond donors (Lipinski definition) is 1. The summed E-state index contributed by atoms with van der Waals surface area (Å²) in [6.07, 6.45) is 3.67. The maximum absolute atomic E-state index is 12.2. The molecule has 1 aliphatic rings. The van der Waals surface area contributed by atoms with Gasteiger partial charge < -0.3 is 10.1 Å². The second kappa shape index (κ2) is 7.06. The van der Waals surface area contributed by atoms with E-state index < -0.39 is 0 Å². The zero-order valence-electron chi connectivity index (χ0n) is 13.6. The Labute approximate surface area is 140 Å². The minimum absolute atomic E-state index is 0.101. The molecule has 2 heterocycles. The Morgan fingerprint density at radius 2 is 2.05 bits per heavy atom. The molecule has 1 aromatic rings. The van der Waals surface area contributed by atoms with Crippen LogP contribution in [0.25, 0.3) is 0 Å². The van der Waals surface area contributed by atoms with Gasteiger partial charge in [-0.2, -0.15) is 0 Å². The van der Waals surface area contributed by atoms with Crippen LogP contribution < -0.4 is 5.32 Å². The summed E-state index contributed by atoms with van der Waals surface area (Å²) in [5, 5.41) is 3.01. The van der Waals surface area contributed by atoms with Gasteiger partial charge in [0, 0.05) is 42.0 Å². The highest BCUT2D eigenvalue weighted by Gasteiger charge is 2.33. The summed E-state index contributed by atoms with van der Waals surface area (Å²) >= 11 is 3.33. The molecule has 1 aromatic heterocycles. The number of pyridine rings is 1. The number of amides is 1.